The zero-order valence-electron chi connectivity index (χ0n) is 12.1. The number of carbonyl (C=O) groups excluding carboxylic acids is 1. The van der Waals surface area contributed by atoms with Gasteiger partial charge in [-0.05, 0) is 47.8 Å². The molecule has 0 aliphatic heterocycles. The van der Waals surface area contributed by atoms with Gasteiger partial charge in [-0.25, -0.2) is 4.98 Å². The van der Waals surface area contributed by atoms with Gasteiger partial charge in [-0.1, -0.05) is 26.0 Å². The molecule has 0 unspecified atom stereocenters. The third kappa shape index (κ3) is 4.76. The van der Waals surface area contributed by atoms with Crippen LogP contribution in [0.5, 0.6) is 0 Å². The largest absolute Gasteiger partial charge is 0.301 e. The molecule has 0 aliphatic carbocycles. The van der Waals surface area contributed by atoms with E-state index in [1.165, 1.54) is 14.9 Å². The molecule has 1 heterocycles. The maximum Gasteiger partial charge on any atom is 0.240 e. The summed E-state index contributed by atoms with van der Waals surface area (Å²) < 4.78 is 1.19. The van der Waals surface area contributed by atoms with Crippen molar-refractivity contribution in [2.75, 3.05) is 25.0 Å². The summed E-state index contributed by atoms with van der Waals surface area (Å²) in [6.07, 6.45) is 0. The Morgan fingerprint density at radius 2 is 1.95 bits per heavy atom. The molecular weight excluding hydrogens is 397 g/mol. The van der Waals surface area contributed by atoms with Crippen LogP contribution in [0.3, 0.4) is 0 Å². The van der Waals surface area contributed by atoms with Gasteiger partial charge in [-0.2, -0.15) is 0 Å². The molecule has 0 atom stereocenters. The number of hydrogen-bond acceptors (Lipinski definition) is 4. The molecule has 1 N–H and O–H groups in total. The number of hydrogen-bond donors (Lipinski definition) is 1. The van der Waals surface area contributed by atoms with Crippen molar-refractivity contribution in [3.63, 3.8) is 0 Å². The number of amides is 1. The first-order valence-corrected chi connectivity index (χ1v) is 8.82. The van der Waals surface area contributed by atoms with Gasteiger partial charge in [-0.15, -0.1) is 11.3 Å². The number of nitrogens with one attached hydrogen (secondary N) is 1. The summed E-state index contributed by atoms with van der Waals surface area (Å²) in [7, 11) is 0. The van der Waals surface area contributed by atoms with Gasteiger partial charge in [0.2, 0.25) is 5.91 Å². The van der Waals surface area contributed by atoms with E-state index in [1.807, 2.05) is 29.6 Å². The van der Waals surface area contributed by atoms with E-state index in [0.29, 0.717) is 11.7 Å². The first kappa shape index (κ1) is 16.4. The van der Waals surface area contributed by atoms with Crippen LogP contribution in [0.1, 0.15) is 13.8 Å². The smallest absolute Gasteiger partial charge is 0.240 e. The number of nitrogens with zero attached hydrogens (tertiary/aromatic N) is 2. The quantitative estimate of drug-likeness (QED) is 0.732. The van der Waals surface area contributed by atoms with E-state index in [4.69, 9.17) is 0 Å². The van der Waals surface area contributed by atoms with Crippen LogP contribution in [0.4, 0.5) is 5.13 Å². The Balaban J connectivity index is 2.00. The van der Waals surface area contributed by atoms with E-state index in [9.17, 15) is 4.79 Å². The highest BCUT2D eigenvalue weighted by molar-refractivity contribution is 14.1. The number of carbonyl (C=O) groups is 1. The molecule has 0 saturated carbocycles. The number of halogens is 1. The third-order valence-corrected chi connectivity index (χ3v) is 4.63. The standard InChI is InChI=1S/C15H18IN3OS/c1-3-19(4-2)9-14(20)18-15-17-13(10-21-15)11-5-7-12(16)8-6-11/h5-8,10H,3-4,9H2,1-2H3,(H,17,18,20). The fourth-order valence-corrected chi connectivity index (χ4v) is 2.99. The van der Waals surface area contributed by atoms with Gasteiger partial charge in [0.05, 0.1) is 12.2 Å². The van der Waals surface area contributed by atoms with E-state index in [1.54, 1.807) is 0 Å². The summed E-state index contributed by atoms with van der Waals surface area (Å²) in [5.74, 6) is -0.0118. The van der Waals surface area contributed by atoms with Crippen molar-refractivity contribution in [3.8, 4) is 11.3 Å². The zero-order chi connectivity index (χ0) is 15.2. The van der Waals surface area contributed by atoms with Crippen molar-refractivity contribution in [1.82, 2.24) is 9.88 Å². The fourth-order valence-electron chi connectivity index (χ4n) is 1.89. The second-order valence-corrected chi connectivity index (χ2v) is 6.66. The van der Waals surface area contributed by atoms with Crippen molar-refractivity contribution in [2.45, 2.75) is 13.8 Å². The Morgan fingerprint density at radius 3 is 2.57 bits per heavy atom. The SMILES string of the molecule is CCN(CC)CC(=O)Nc1nc(-c2ccc(I)cc2)cs1. The topological polar surface area (TPSA) is 45.2 Å². The maximum atomic E-state index is 11.9. The van der Waals surface area contributed by atoms with Gasteiger partial charge in [-0.3, -0.25) is 9.69 Å². The normalized spacial score (nSPS) is 10.9. The lowest BCUT2D eigenvalue weighted by Gasteiger charge is -2.16. The molecule has 0 fully saturated rings. The number of anilines is 1. The second-order valence-electron chi connectivity index (χ2n) is 4.55. The monoisotopic (exact) mass is 415 g/mol. The van der Waals surface area contributed by atoms with Gasteiger partial charge in [0, 0.05) is 14.5 Å². The van der Waals surface area contributed by atoms with Gasteiger partial charge in [0.15, 0.2) is 5.13 Å². The molecule has 0 saturated heterocycles. The van der Waals surface area contributed by atoms with Crippen LogP contribution in [0.15, 0.2) is 29.6 Å². The minimum absolute atomic E-state index is 0.0118. The highest BCUT2D eigenvalue weighted by Gasteiger charge is 2.10. The van der Waals surface area contributed by atoms with Crippen LogP contribution in [0.25, 0.3) is 11.3 Å². The molecule has 6 heteroatoms. The van der Waals surface area contributed by atoms with E-state index in [-0.39, 0.29) is 5.91 Å². The number of rotatable bonds is 6. The molecule has 0 spiro atoms. The van der Waals surface area contributed by atoms with Crippen molar-refractivity contribution >= 4 is 45.0 Å². The van der Waals surface area contributed by atoms with Gasteiger partial charge >= 0.3 is 0 Å². The minimum Gasteiger partial charge on any atom is -0.301 e. The van der Waals surface area contributed by atoms with Crippen LogP contribution in [-0.4, -0.2) is 35.4 Å². The molecule has 1 amide bonds. The summed E-state index contributed by atoms with van der Waals surface area (Å²) in [4.78, 5) is 18.5. The number of thiazole rings is 1. The molecule has 2 rings (SSSR count). The molecule has 0 aliphatic rings. The molecule has 0 bridgehead atoms. The Labute approximate surface area is 142 Å². The summed E-state index contributed by atoms with van der Waals surface area (Å²) in [5.41, 5.74) is 1.96. The second kappa shape index (κ2) is 7.86. The lowest BCUT2D eigenvalue weighted by atomic mass is 10.2. The predicted molar refractivity (Wildman–Crippen MR) is 96.7 cm³/mol. The van der Waals surface area contributed by atoms with Crippen LogP contribution < -0.4 is 5.32 Å². The van der Waals surface area contributed by atoms with Crippen LogP contribution in [0, 0.1) is 3.57 Å². The van der Waals surface area contributed by atoms with E-state index in [0.717, 1.165) is 24.3 Å². The number of benzene rings is 1. The lowest BCUT2D eigenvalue weighted by Crippen LogP contribution is -2.32. The summed E-state index contributed by atoms with van der Waals surface area (Å²) in [6, 6.07) is 8.18. The Morgan fingerprint density at radius 1 is 1.29 bits per heavy atom. The lowest BCUT2D eigenvalue weighted by molar-refractivity contribution is -0.117. The van der Waals surface area contributed by atoms with E-state index < -0.39 is 0 Å². The summed E-state index contributed by atoms with van der Waals surface area (Å²) >= 11 is 3.73. The van der Waals surface area contributed by atoms with Crippen molar-refractivity contribution in [2.24, 2.45) is 0 Å². The van der Waals surface area contributed by atoms with E-state index >= 15 is 0 Å². The number of aromatic nitrogens is 1. The first-order valence-electron chi connectivity index (χ1n) is 6.86. The average molecular weight is 415 g/mol. The first-order chi connectivity index (χ1) is 10.1. The van der Waals surface area contributed by atoms with Crippen molar-refractivity contribution in [1.29, 1.82) is 0 Å². The van der Waals surface area contributed by atoms with Crippen LogP contribution >= 0.6 is 33.9 Å². The van der Waals surface area contributed by atoms with Gasteiger partial charge in [0.1, 0.15) is 0 Å². The Hall–Kier alpha value is -0.990. The minimum atomic E-state index is -0.0118. The van der Waals surface area contributed by atoms with Gasteiger partial charge < -0.3 is 5.32 Å². The molecule has 21 heavy (non-hydrogen) atoms. The van der Waals surface area contributed by atoms with E-state index in [2.05, 4.69) is 51.6 Å². The molecule has 1 aromatic heterocycles. The molecule has 0 radical (unpaired) electrons. The Bertz CT molecular complexity index is 593. The molecule has 1 aromatic carbocycles. The molecule has 112 valence electrons. The van der Waals surface area contributed by atoms with Crippen LogP contribution in [0.2, 0.25) is 0 Å². The molecule has 4 nitrogen and oxygen atoms in total. The van der Waals surface area contributed by atoms with Crippen molar-refractivity contribution in [3.05, 3.63) is 33.2 Å². The van der Waals surface area contributed by atoms with Crippen LogP contribution in [-0.2, 0) is 4.79 Å². The van der Waals surface area contributed by atoms with Gasteiger partial charge in [0.25, 0.3) is 0 Å². The highest BCUT2D eigenvalue weighted by atomic mass is 127. The fraction of sp³-hybridized carbons (Fsp3) is 0.333. The molecular formula is C15H18IN3OS. The zero-order valence-corrected chi connectivity index (χ0v) is 15.1. The Kier molecular flexibility index (Phi) is 6.13. The third-order valence-electron chi connectivity index (χ3n) is 3.15. The summed E-state index contributed by atoms with van der Waals surface area (Å²) in [5, 5.41) is 5.49. The summed E-state index contributed by atoms with van der Waals surface area (Å²) in [6.45, 7) is 6.25. The number of likely N-dealkylation sites (N-methyl/N-ethyl adjacent to an activating group) is 1. The molecule has 2 aromatic rings. The maximum absolute atomic E-state index is 11.9. The average Bonchev–Trinajstić information content (AvgIpc) is 2.94. The predicted octanol–water partition coefficient (Wildman–Crippen LogP) is 3.70. The highest BCUT2D eigenvalue weighted by Crippen LogP contribution is 2.25. The van der Waals surface area contributed by atoms with Crippen molar-refractivity contribution < 1.29 is 4.79 Å².